The lowest BCUT2D eigenvalue weighted by Gasteiger charge is -2.31. The molecule has 0 unspecified atom stereocenters. The Morgan fingerprint density at radius 3 is 2.58 bits per heavy atom. The molecule has 0 aliphatic carbocycles. The molecule has 1 saturated heterocycles. The molecule has 0 aromatic heterocycles. The number of benzene rings is 1. The molecule has 0 bridgehead atoms. The van der Waals surface area contributed by atoms with Gasteiger partial charge in [-0.3, -0.25) is 14.9 Å². The fourth-order valence-corrected chi connectivity index (χ4v) is 2.34. The third-order valence-corrected chi connectivity index (χ3v) is 3.39. The van der Waals surface area contributed by atoms with E-state index in [2.05, 4.69) is 0 Å². The lowest BCUT2D eigenvalue weighted by Crippen LogP contribution is -2.38. The van der Waals surface area contributed by atoms with Crippen LogP contribution in [-0.4, -0.2) is 23.9 Å². The number of nitrogens with two attached hydrogens (primary N) is 1. The van der Waals surface area contributed by atoms with Gasteiger partial charge in [-0.15, -0.1) is 0 Å². The summed E-state index contributed by atoms with van der Waals surface area (Å²) in [6.07, 6.45) is 1.06. The summed E-state index contributed by atoms with van der Waals surface area (Å²) in [4.78, 5) is 23.0. The summed E-state index contributed by atoms with van der Waals surface area (Å²) in [7, 11) is 0. The number of nitro benzene ring substituents is 1. The number of rotatable bonds is 3. The van der Waals surface area contributed by atoms with E-state index in [1.165, 1.54) is 12.1 Å². The molecule has 102 valence electrons. The van der Waals surface area contributed by atoms with Crippen molar-refractivity contribution in [1.29, 1.82) is 0 Å². The normalized spacial score (nSPS) is 16.4. The molecule has 1 aromatic carbocycles. The Balaban J connectivity index is 2.22. The Morgan fingerprint density at radius 1 is 1.42 bits per heavy atom. The minimum atomic E-state index is -0.848. The lowest BCUT2D eigenvalue weighted by molar-refractivity contribution is -0.386. The van der Waals surface area contributed by atoms with Crippen LogP contribution in [-0.2, 0) is 4.79 Å². The summed E-state index contributed by atoms with van der Waals surface area (Å²) in [5.41, 5.74) is 4.97. The summed E-state index contributed by atoms with van der Waals surface area (Å²) in [6, 6.07) is 4.03. The zero-order valence-corrected chi connectivity index (χ0v) is 10.2. The number of amides is 1. The number of para-hydroxylation sites is 1. The van der Waals surface area contributed by atoms with Crippen LogP contribution in [0.3, 0.4) is 0 Å². The topological polar surface area (TPSA) is 89.5 Å². The zero-order valence-electron chi connectivity index (χ0n) is 10.2. The molecule has 0 spiro atoms. The molecule has 0 atom stereocenters. The number of carbonyl (C=O) groups is 1. The van der Waals surface area contributed by atoms with Crippen LogP contribution in [0.5, 0.6) is 0 Å². The maximum Gasteiger partial charge on any atom is 0.327 e. The predicted molar refractivity (Wildman–Crippen MR) is 67.2 cm³/mol. The van der Waals surface area contributed by atoms with E-state index in [9.17, 15) is 19.3 Å². The van der Waals surface area contributed by atoms with Crippen LogP contribution in [0.25, 0.3) is 0 Å². The van der Waals surface area contributed by atoms with Crippen molar-refractivity contribution in [3.63, 3.8) is 0 Å². The van der Waals surface area contributed by atoms with Gasteiger partial charge in [0.2, 0.25) is 11.7 Å². The Hall–Kier alpha value is -2.18. The van der Waals surface area contributed by atoms with Gasteiger partial charge < -0.3 is 10.6 Å². The van der Waals surface area contributed by atoms with Gasteiger partial charge in [-0.2, -0.15) is 4.39 Å². The monoisotopic (exact) mass is 267 g/mol. The Bertz CT molecular complexity index is 513. The Morgan fingerprint density at radius 2 is 2.05 bits per heavy atom. The number of nitro groups is 1. The van der Waals surface area contributed by atoms with Gasteiger partial charge >= 0.3 is 5.69 Å². The highest BCUT2D eigenvalue weighted by atomic mass is 19.1. The van der Waals surface area contributed by atoms with Gasteiger partial charge in [-0.25, -0.2) is 0 Å². The molecule has 7 heteroatoms. The number of piperidine rings is 1. The van der Waals surface area contributed by atoms with Gasteiger partial charge in [0.1, 0.15) is 5.69 Å². The second kappa shape index (κ2) is 5.21. The highest BCUT2D eigenvalue weighted by molar-refractivity contribution is 5.77. The van der Waals surface area contributed by atoms with Gasteiger partial charge in [0, 0.05) is 19.0 Å². The van der Waals surface area contributed by atoms with E-state index in [-0.39, 0.29) is 17.5 Å². The van der Waals surface area contributed by atoms with Crippen molar-refractivity contribution < 1.29 is 14.1 Å². The van der Waals surface area contributed by atoms with Crippen LogP contribution < -0.4 is 10.6 Å². The first-order chi connectivity index (χ1) is 9.00. The molecular formula is C12H14FN3O3. The first-order valence-electron chi connectivity index (χ1n) is 5.98. The van der Waals surface area contributed by atoms with Crippen molar-refractivity contribution in [2.75, 3.05) is 18.0 Å². The molecule has 19 heavy (non-hydrogen) atoms. The number of nitrogens with zero attached hydrogens (tertiary/aromatic N) is 2. The summed E-state index contributed by atoms with van der Waals surface area (Å²) in [6.45, 7) is 0.912. The molecule has 6 nitrogen and oxygen atoms in total. The third kappa shape index (κ3) is 2.64. The smallest absolute Gasteiger partial charge is 0.327 e. The van der Waals surface area contributed by atoms with Crippen LogP contribution in [0.1, 0.15) is 12.8 Å². The molecular weight excluding hydrogens is 253 g/mol. The van der Waals surface area contributed by atoms with Crippen molar-refractivity contribution in [3.05, 3.63) is 34.1 Å². The number of primary amides is 1. The molecule has 1 amide bonds. The second-order valence-corrected chi connectivity index (χ2v) is 4.53. The number of anilines is 1. The van der Waals surface area contributed by atoms with E-state index in [1.807, 2.05) is 0 Å². The van der Waals surface area contributed by atoms with Crippen molar-refractivity contribution in [1.82, 2.24) is 0 Å². The molecule has 1 aliphatic rings. The van der Waals surface area contributed by atoms with Crippen molar-refractivity contribution in [2.45, 2.75) is 12.8 Å². The number of hydrogen-bond donors (Lipinski definition) is 1. The molecule has 0 saturated carbocycles. The average molecular weight is 267 g/mol. The van der Waals surface area contributed by atoms with Crippen LogP contribution in [0, 0.1) is 21.8 Å². The van der Waals surface area contributed by atoms with Crippen LogP contribution in [0.4, 0.5) is 15.8 Å². The van der Waals surface area contributed by atoms with E-state index >= 15 is 0 Å². The Kier molecular flexibility index (Phi) is 3.64. The molecule has 1 aliphatic heterocycles. The molecule has 1 fully saturated rings. The zero-order chi connectivity index (χ0) is 14.0. The number of halogens is 1. The molecule has 0 radical (unpaired) electrons. The van der Waals surface area contributed by atoms with E-state index in [0.717, 1.165) is 6.07 Å². The Labute approximate surface area is 109 Å². The first-order valence-corrected chi connectivity index (χ1v) is 5.98. The van der Waals surface area contributed by atoms with Gasteiger partial charge in [0.05, 0.1) is 4.92 Å². The predicted octanol–water partition coefficient (Wildman–Crippen LogP) is 1.44. The fraction of sp³-hybridized carbons (Fsp3) is 0.417. The van der Waals surface area contributed by atoms with Gasteiger partial charge in [0.25, 0.3) is 0 Å². The molecule has 1 aromatic rings. The van der Waals surface area contributed by atoms with E-state index in [0.29, 0.717) is 25.9 Å². The summed E-state index contributed by atoms with van der Waals surface area (Å²) >= 11 is 0. The average Bonchev–Trinajstić information content (AvgIpc) is 2.38. The van der Waals surface area contributed by atoms with Gasteiger partial charge in [-0.1, -0.05) is 6.07 Å². The van der Waals surface area contributed by atoms with E-state index in [4.69, 9.17) is 5.73 Å². The standard InChI is InChI=1S/C12H14FN3O3/c13-9-2-1-3-10(11(9)16(18)19)15-6-4-8(5-7-15)12(14)17/h1-3,8H,4-7H2,(H2,14,17). The molecule has 1 heterocycles. The largest absolute Gasteiger partial charge is 0.369 e. The van der Waals surface area contributed by atoms with Crippen LogP contribution in [0.2, 0.25) is 0 Å². The number of hydrogen-bond acceptors (Lipinski definition) is 4. The minimum Gasteiger partial charge on any atom is -0.369 e. The third-order valence-electron chi connectivity index (χ3n) is 3.39. The maximum atomic E-state index is 13.5. The highest BCUT2D eigenvalue weighted by Gasteiger charge is 2.28. The lowest BCUT2D eigenvalue weighted by atomic mass is 9.96. The van der Waals surface area contributed by atoms with Crippen LogP contribution >= 0.6 is 0 Å². The molecule has 2 rings (SSSR count). The van der Waals surface area contributed by atoms with Gasteiger partial charge in [-0.05, 0) is 25.0 Å². The quantitative estimate of drug-likeness (QED) is 0.662. The fourth-order valence-electron chi connectivity index (χ4n) is 2.34. The second-order valence-electron chi connectivity index (χ2n) is 4.53. The summed E-state index contributed by atoms with van der Waals surface area (Å²) in [5, 5.41) is 10.9. The first kappa shape index (κ1) is 13.3. The van der Waals surface area contributed by atoms with E-state index in [1.54, 1.807) is 4.90 Å². The van der Waals surface area contributed by atoms with Crippen molar-refractivity contribution in [3.8, 4) is 0 Å². The SMILES string of the molecule is NC(=O)C1CCN(c2cccc(F)c2[N+](=O)[O-])CC1. The summed E-state index contributed by atoms with van der Waals surface area (Å²) < 4.78 is 13.5. The van der Waals surface area contributed by atoms with Gasteiger partial charge in [0.15, 0.2) is 0 Å². The highest BCUT2D eigenvalue weighted by Crippen LogP contribution is 2.33. The number of carbonyl (C=O) groups excluding carboxylic acids is 1. The molecule has 2 N–H and O–H groups in total. The maximum absolute atomic E-state index is 13.5. The van der Waals surface area contributed by atoms with Crippen molar-refractivity contribution >= 4 is 17.3 Å². The van der Waals surface area contributed by atoms with Crippen LogP contribution in [0.15, 0.2) is 18.2 Å². The summed E-state index contributed by atoms with van der Waals surface area (Å²) in [5.74, 6) is -1.41. The van der Waals surface area contributed by atoms with Crippen molar-refractivity contribution in [2.24, 2.45) is 11.7 Å². The van der Waals surface area contributed by atoms with E-state index < -0.39 is 16.4 Å². The minimum absolute atomic E-state index is 0.205.